The van der Waals surface area contributed by atoms with Gasteiger partial charge in [0.25, 0.3) is 5.91 Å². The van der Waals surface area contributed by atoms with Crippen LogP contribution in [-0.2, 0) is 6.42 Å². The molecule has 2 aromatic rings. The van der Waals surface area contributed by atoms with Gasteiger partial charge in [-0.25, -0.2) is 9.97 Å². The molecule has 5 nitrogen and oxygen atoms in total. The van der Waals surface area contributed by atoms with E-state index in [9.17, 15) is 9.90 Å². The molecule has 0 unspecified atom stereocenters. The van der Waals surface area contributed by atoms with Gasteiger partial charge in [-0.2, -0.15) is 0 Å². The lowest BCUT2D eigenvalue weighted by molar-refractivity contribution is 0.0563. The molecule has 1 amide bonds. The Morgan fingerprint density at radius 2 is 2.24 bits per heavy atom. The van der Waals surface area contributed by atoms with Crippen molar-refractivity contribution in [2.45, 2.75) is 12.5 Å². The quantitative estimate of drug-likeness (QED) is 0.919. The van der Waals surface area contributed by atoms with Crippen LogP contribution in [0, 0.1) is 0 Å². The summed E-state index contributed by atoms with van der Waals surface area (Å²) in [4.78, 5) is 22.0. The Morgan fingerprint density at radius 3 is 3.00 bits per heavy atom. The third-order valence-electron chi connectivity index (χ3n) is 3.72. The highest BCUT2D eigenvalue weighted by Gasteiger charge is 2.32. The van der Waals surface area contributed by atoms with Crippen molar-refractivity contribution >= 4 is 17.5 Å². The van der Waals surface area contributed by atoms with Gasteiger partial charge in [0.1, 0.15) is 12.0 Å². The maximum Gasteiger partial charge on any atom is 0.274 e. The fraction of sp³-hybridized carbons (Fsp3) is 0.267. The first kappa shape index (κ1) is 14.0. The fourth-order valence-corrected chi connectivity index (χ4v) is 2.88. The van der Waals surface area contributed by atoms with Crippen LogP contribution in [0.1, 0.15) is 27.7 Å². The monoisotopic (exact) mass is 303 g/mol. The number of aromatic nitrogens is 2. The zero-order chi connectivity index (χ0) is 14.8. The number of benzene rings is 1. The van der Waals surface area contributed by atoms with Gasteiger partial charge in [0.2, 0.25) is 0 Å². The average molecular weight is 304 g/mol. The number of fused-ring (bicyclic) bond motifs is 1. The molecule has 1 atom stereocenters. The number of rotatable bonds is 2. The van der Waals surface area contributed by atoms with E-state index in [1.165, 1.54) is 12.5 Å². The molecule has 2 heterocycles. The molecule has 1 aromatic heterocycles. The number of aliphatic hydroxyl groups excluding tert-OH is 1. The van der Waals surface area contributed by atoms with Crippen LogP contribution in [0.2, 0.25) is 5.02 Å². The summed E-state index contributed by atoms with van der Waals surface area (Å²) in [7, 11) is 0. The zero-order valence-electron chi connectivity index (χ0n) is 11.2. The van der Waals surface area contributed by atoms with E-state index in [1.807, 2.05) is 24.3 Å². The van der Waals surface area contributed by atoms with Gasteiger partial charge in [0.15, 0.2) is 0 Å². The lowest BCUT2D eigenvalue weighted by Crippen LogP contribution is -2.42. The molecule has 108 valence electrons. The molecular formula is C15H14ClN3O2. The van der Waals surface area contributed by atoms with Crippen LogP contribution in [-0.4, -0.2) is 39.0 Å². The standard InChI is InChI=1S/C15H14ClN3O2/c16-12-7-17-9-18-14(12)15(21)19-6-5-10-3-1-2-4-11(10)13(19)8-20/h1-4,7,9,13,20H,5-6,8H2/t13-/m1/s1. The predicted octanol–water partition coefficient (Wildman–Crippen LogP) is 1.86. The van der Waals surface area contributed by atoms with Crippen molar-refractivity contribution in [1.82, 2.24) is 14.9 Å². The molecule has 1 N–H and O–H groups in total. The minimum atomic E-state index is -0.367. The summed E-state index contributed by atoms with van der Waals surface area (Å²) in [5.41, 5.74) is 2.31. The van der Waals surface area contributed by atoms with Gasteiger partial charge in [-0.05, 0) is 17.5 Å². The smallest absolute Gasteiger partial charge is 0.274 e. The van der Waals surface area contributed by atoms with Crippen LogP contribution < -0.4 is 0 Å². The maximum atomic E-state index is 12.6. The highest BCUT2D eigenvalue weighted by Crippen LogP contribution is 2.30. The SMILES string of the molecule is O=C(c1ncncc1Cl)N1CCc2ccccc2[C@H]1CO. The number of hydrogen-bond acceptors (Lipinski definition) is 4. The summed E-state index contributed by atoms with van der Waals surface area (Å²) in [5.74, 6) is -0.282. The Bertz CT molecular complexity index is 677. The van der Waals surface area contributed by atoms with Crippen molar-refractivity contribution < 1.29 is 9.90 Å². The number of hydrogen-bond donors (Lipinski definition) is 1. The van der Waals surface area contributed by atoms with Crippen molar-refractivity contribution in [2.24, 2.45) is 0 Å². The molecule has 3 rings (SSSR count). The van der Waals surface area contributed by atoms with E-state index in [0.717, 1.165) is 17.5 Å². The summed E-state index contributed by atoms with van der Waals surface area (Å²) >= 11 is 5.99. The van der Waals surface area contributed by atoms with Gasteiger partial charge in [-0.1, -0.05) is 35.9 Å². The van der Waals surface area contributed by atoms with Gasteiger partial charge in [-0.15, -0.1) is 0 Å². The third-order valence-corrected chi connectivity index (χ3v) is 3.99. The van der Waals surface area contributed by atoms with Crippen LogP contribution >= 0.6 is 11.6 Å². The zero-order valence-corrected chi connectivity index (χ0v) is 12.0. The molecule has 0 saturated carbocycles. The van der Waals surface area contributed by atoms with E-state index in [-0.39, 0.29) is 29.3 Å². The Kier molecular flexibility index (Phi) is 3.86. The molecule has 1 aromatic carbocycles. The second kappa shape index (κ2) is 5.79. The predicted molar refractivity (Wildman–Crippen MR) is 78.1 cm³/mol. The molecule has 0 aliphatic carbocycles. The minimum Gasteiger partial charge on any atom is -0.394 e. The normalized spacial score (nSPS) is 17.4. The van der Waals surface area contributed by atoms with Gasteiger partial charge in [0.05, 0.1) is 17.7 Å². The summed E-state index contributed by atoms with van der Waals surface area (Å²) in [6, 6.07) is 7.47. The molecule has 0 radical (unpaired) electrons. The van der Waals surface area contributed by atoms with Crippen molar-refractivity contribution in [3.05, 3.63) is 58.6 Å². The molecule has 1 aliphatic rings. The molecule has 21 heavy (non-hydrogen) atoms. The summed E-state index contributed by atoms with van der Waals surface area (Å²) < 4.78 is 0. The molecule has 1 aliphatic heterocycles. The maximum absolute atomic E-state index is 12.6. The number of amides is 1. The van der Waals surface area contributed by atoms with Gasteiger partial charge < -0.3 is 10.0 Å². The van der Waals surface area contributed by atoms with E-state index in [2.05, 4.69) is 9.97 Å². The first-order valence-corrected chi connectivity index (χ1v) is 7.05. The van der Waals surface area contributed by atoms with Gasteiger partial charge in [0, 0.05) is 12.7 Å². The third kappa shape index (κ3) is 2.50. The minimum absolute atomic E-state index is 0.133. The summed E-state index contributed by atoms with van der Waals surface area (Å²) in [5, 5.41) is 9.93. The second-order valence-electron chi connectivity index (χ2n) is 4.87. The lowest BCUT2D eigenvalue weighted by atomic mass is 9.92. The van der Waals surface area contributed by atoms with Gasteiger partial charge >= 0.3 is 0 Å². The molecule has 0 fully saturated rings. The van der Waals surface area contributed by atoms with Crippen LogP contribution in [0.3, 0.4) is 0 Å². The summed E-state index contributed by atoms with van der Waals surface area (Å²) in [6.45, 7) is 0.396. The van der Waals surface area contributed by atoms with E-state index in [0.29, 0.717) is 6.54 Å². The van der Waals surface area contributed by atoms with E-state index < -0.39 is 0 Å². The van der Waals surface area contributed by atoms with Crippen LogP contribution in [0.4, 0.5) is 0 Å². The molecule has 6 heteroatoms. The number of halogens is 1. The van der Waals surface area contributed by atoms with Gasteiger partial charge in [-0.3, -0.25) is 4.79 Å². The van der Waals surface area contributed by atoms with Crippen LogP contribution in [0.15, 0.2) is 36.8 Å². The van der Waals surface area contributed by atoms with Crippen LogP contribution in [0.25, 0.3) is 0 Å². The van der Waals surface area contributed by atoms with E-state index >= 15 is 0 Å². The number of nitrogens with zero attached hydrogens (tertiary/aromatic N) is 3. The first-order chi connectivity index (χ1) is 10.2. The highest BCUT2D eigenvalue weighted by molar-refractivity contribution is 6.33. The van der Waals surface area contributed by atoms with E-state index in [1.54, 1.807) is 4.90 Å². The fourth-order valence-electron chi connectivity index (χ4n) is 2.70. The number of carbonyl (C=O) groups is 1. The topological polar surface area (TPSA) is 66.3 Å². The van der Waals surface area contributed by atoms with Crippen LogP contribution in [0.5, 0.6) is 0 Å². The Labute approximate surface area is 127 Å². The largest absolute Gasteiger partial charge is 0.394 e. The Hall–Kier alpha value is -1.98. The number of aliphatic hydroxyl groups is 1. The number of carbonyl (C=O) groups excluding carboxylic acids is 1. The highest BCUT2D eigenvalue weighted by atomic mass is 35.5. The van der Waals surface area contributed by atoms with Crippen molar-refractivity contribution in [3.63, 3.8) is 0 Å². The van der Waals surface area contributed by atoms with Crippen molar-refractivity contribution in [2.75, 3.05) is 13.2 Å². The summed E-state index contributed by atoms with van der Waals surface area (Å²) in [6.07, 6.45) is 3.44. The first-order valence-electron chi connectivity index (χ1n) is 6.67. The average Bonchev–Trinajstić information content (AvgIpc) is 2.53. The van der Waals surface area contributed by atoms with Crippen molar-refractivity contribution in [1.29, 1.82) is 0 Å². The van der Waals surface area contributed by atoms with Crippen molar-refractivity contribution in [3.8, 4) is 0 Å². The molecule has 0 spiro atoms. The molecular weight excluding hydrogens is 290 g/mol. The molecule has 0 saturated heterocycles. The Balaban J connectivity index is 1.96. The Morgan fingerprint density at radius 1 is 1.43 bits per heavy atom. The molecule has 0 bridgehead atoms. The lowest BCUT2D eigenvalue weighted by Gasteiger charge is -2.36. The van der Waals surface area contributed by atoms with E-state index in [4.69, 9.17) is 11.6 Å². The second-order valence-corrected chi connectivity index (χ2v) is 5.27.